The highest BCUT2D eigenvalue weighted by molar-refractivity contribution is 5.76. The monoisotopic (exact) mass is 238 g/mol. The summed E-state index contributed by atoms with van der Waals surface area (Å²) in [7, 11) is 0. The molecule has 1 atom stereocenters. The van der Waals surface area contributed by atoms with Crippen molar-refractivity contribution in [3.05, 3.63) is 23.0 Å². The van der Waals surface area contributed by atoms with E-state index < -0.39 is 11.9 Å². The second kappa shape index (κ2) is 5.66. The second-order valence-electron chi connectivity index (χ2n) is 4.40. The van der Waals surface area contributed by atoms with E-state index in [2.05, 4.69) is 11.7 Å². The lowest BCUT2D eigenvalue weighted by Crippen LogP contribution is -2.19. The first-order chi connectivity index (χ1) is 7.90. The number of rotatable bonds is 3. The number of esters is 2. The van der Waals surface area contributed by atoms with Gasteiger partial charge < -0.3 is 9.47 Å². The van der Waals surface area contributed by atoms with E-state index in [4.69, 9.17) is 4.74 Å². The summed E-state index contributed by atoms with van der Waals surface area (Å²) in [5.41, 5.74) is 2.23. The van der Waals surface area contributed by atoms with Gasteiger partial charge in [-0.3, -0.25) is 4.79 Å². The molecule has 1 unspecified atom stereocenters. The Kier molecular flexibility index (Phi) is 4.49. The van der Waals surface area contributed by atoms with Gasteiger partial charge in [-0.25, -0.2) is 4.79 Å². The van der Waals surface area contributed by atoms with Crippen LogP contribution in [0.3, 0.4) is 0 Å². The molecule has 0 spiro atoms. The quantitative estimate of drug-likeness (QED) is 0.708. The van der Waals surface area contributed by atoms with Crippen LogP contribution in [-0.4, -0.2) is 18.5 Å². The highest BCUT2D eigenvalue weighted by Crippen LogP contribution is 2.29. The molecule has 4 nitrogen and oxygen atoms in total. The zero-order valence-corrected chi connectivity index (χ0v) is 10.7. The van der Waals surface area contributed by atoms with Gasteiger partial charge in [0.15, 0.2) is 6.61 Å². The molecular weight excluding hydrogens is 220 g/mol. The minimum absolute atomic E-state index is 0.182. The van der Waals surface area contributed by atoms with Crippen molar-refractivity contribution >= 4 is 11.9 Å². The molecule has 0 saturated heterocycles. The number of hydrogen-bond acceptors (Lipinski definition) is 4. The van der Waals surface area contributed by atoms with E-state index in [1.54, 1.807) is 0 Å². The molecule has 0 heterocycles. The maximum Gasteiger partial charge on any atom is 0.349 e. The average Bonchev–Trinajstić information content (AvgIpc) is 2.20. The fourth-order valence-corrected chi connectivity index (χ4v) is 1.96. The van der Waals surface area contributed by atoms with Gasteiger partial charge in [-0.15, -0.1) is 0 Å². The van der Waals surface area contributed by atoms with Gasteiger partial charge in [0.25, 0.3) is 0 Å². The van der Waals surface area contributed by atoms with E-state index in [1.807, 2.05) is 19.9 Å². The molecule has 4 heteroatoms. The maximum absolute atomic E-state index is 11.4. The summed E-state index contributed by atoms with van der Waals surface area (Å²) in [5.74, 6) is -0.163. The molecule has 0 N–H and O–H groups in total. The van der Waals surface area contributed by atoms with Crippen LogP contribution in [0.4, 0.5) is 0 Å². The Labute approximate surface area is 101 Å². The number of carbonyl (C=O) groups is 2. The zero-order chi connectivity index (χ0) is 13.0. The van der Waals surface area contributed by atoms with E-state index in [1.165, 1.54) is 12.5 Å². The van der Waals surface area contributed by atoms with E-state index in [9.17, 15) is 9.59 Å². The fourth-order valence-electron chi connectivity index (χ4n) is 1.96. The minimum atomic E-state index is -0.533. The van der Waals surface area contributed by atoms with Gasteiger partial charge in [0.05, 0.1) is 0 Å². The fraction of sp³-hybridized carbons (Fsp3) is 0.538. The van der Waals surface area contributed by atoms with Crippen LogP contribution in [0, 0.1) is 5.92 Å². The number of hydrogen-bond donors (Lipinski definition) is 0. The minimum Gasteiger partial charge on any atom is -0.454 e. The SMILES string of the molecule is CC(=O)OCC(=O)OC1=C(C)C=C(C)CC1C. The van der Waals surface area contributed by atoms with Crippen LogP contribution in [0.2, 0.25) is 0 Å². The standard InChI is InChI=1S/C13H18O4/c1-8-5-9(2)13(10(3)6-8)17-12(15)7-16-11(4)14/h5,10H,6-7H2,1-4H3. The van der Waals surface area contributed by atoms with Crippen LogP contribution in [0.1, 0.15) is 34.1 Å². The Morgan fingerprint density at radius 1 is 1.41 bits per heavy atom. The Balaban J connectivity index is 2.64. The molecule has 1 rings (SSSR count). The van der Waals surface area contributed by atoms with Gasteiger partial charge in [-0.1, -0.05) is 18.6 Å². The number of allylic oxidation sites excluding steroid dienone is 4. The Bertz CT molecular complexity index is 390. The third-order valence-corrected chi connectivity index (χ3v) is 2.54. The van der Waals surface area contributed by atoms with Gasteiger partial charge in [0, 0.05) is 12.8 Å². The molecule has 94 valence electrons. The molecule has 0 aromatic rings. The van der Waals surface area contributed by atoms with Gasteiger partial charge in [0.1, 0.15) is 5.76 Å². The van der Waals surface area contributed by atoms with E-state index >= 15 is 0 Å². The molecule has 0 amide bonds. The van der Waals surface area contributed by atoms with Crippen molar-refractivity contribution in [2.75, 3.05) is 6.61 Å². The molecule has 0 aliphatic heterocycles. The molecule has 1 aliphatic rings. The highest BCUT2D eigenvalue weighted by atomic mass is 16.6. The topological polar surface area (TPSA) is 52.6 Å². The lowest BCUT2D eigenvalue weighted by molar-refractivity contribution is -0.155. The first-order valence-corrected chi connectivity index (χ1v) is 5.62. The average molecular weight is 238 g/mol. The van der Waals surface area contributed by atoms with E-state index in [0.717, 1.165) is 12.0 Å². The van der Waals surface area contributed by atoms with Crippen molar-refractivity contribution < 1.29 is 19.1 Å². The van der Waals surface area contributed by atoms with Crippen LogP contribution in [-0.2, 0) is 19.1 Å². The first kappa shape index (κ1) is 13.5. The largest absolute Gasteiger partial charge is 0.454 e. The van der Waals surface area contributed by atoms with Crippen molar-refractivity contribution in [2.24, 2.45) is 5.92 Å². The molecule has 0 aromatic heterocycles. The molecule has 17 heavy (non-hydrogen) atoms. The maximum atomic E-state index is 11.4. The van der Waals surface area contributed by atoms with Gasteiger partial charge in [-0.2, -0.15) is 0 Å². The lowest BCUT2D eigenvalue weighted by atomic mass is 9.91. The van der Waals surface area contributed by atoms with Crippen molar-refractivity contribution in [1.82, 2.24) is 0 Å². The highest BCUT2D eigenvalue weighted by Gasteiger charge is 2.21. The summed E-state index contributed by atoms with van der Waals surface area (Å²) in [4.78, 5) is 22.0. The predicted octanol–water partition coefficient (Wildman–Crippen LogP) is 2.35. The molecule has 0 aromatic carbocycles. The normalized spacial score (nSPS) is 19.8. The van der Waals surface area contributed by atoms with Crippen LogP contribution < -0.4 is 0 Å². The first-order valence-electron chi connectivity index (χ1n) is 5.62. The smallest absolute Gasteiger partial charge is 0.349 e. The molecule has 0 bridgehead atoms. The Morgan fingerprint density at radius 3 is 2.59 bits per heavy atom. The van der Waals surface area contributed by atoms with Crippen LogP contribution in [0.5, 0.6) is 0 Å². The van der Waals surface area contributed by atoms with Crippen molar-refractivity contribution in [3.63, 3.8) is 0 Å². The van der Waals surface area contributed by atoms with Crippen LogP contribution >= 0.6 is 0 Å². The van der Waals surface area contributed by atoms with Crippen molar-refractivity contribution in [3.8, 4) is 0 Å². The molecule has 0 saturated carbocycles. The van der Waals surface area contributed by atoms with Gasteiger partial charge in [0.2, 0.25) is 0 Å². The molecule has 0 fully saturated rings. The summed E-state index contributed by atoms with van der Waals surface area (Å²) in [5, 5.41) is 0. The van der Waals surface area contributed by atoms with Gasteiger partial charge in [-0.05, 0) is 25.8 Å². The van der Waals surface area contributed by atoms with E-state index in [-0.39, 0.29) is 12.5 Å². The summed E-state index contributed by atoms with van der Waals surface area (Å²) in [6.07, 6.45) is 2.89. The summed E-state index contributed by atoms with van der Waals surface area (Å²) < 4.78 is 9.82. The summed E-state index contributed by atoms with van der Waals surface area (Å²) in [6.45, 7) is 6.90. The number of carbonyl (C=O) groups excluding carboxylic acids is 2. The molecule has 0 radical (unpaired) electrons. The van der Waals surface area contributed by atoms with Crippen molar-refractivity contribution in [2.45, 2.75) is 34.1 Å². The summed E-state index contributed by atoms with van der Waals surface area (Å²) >= 11 is 0. The van der Waals surface area contributed by atoms with Crippen molar-refractivity contribution in [1.29, 1.82) is 0 Å². The molecular formula is C13H18O4. The number of ether oxygens (including phenoxy) is 2. The molecule has 1 aliphatic carbocycles. The lowest BCUT2D eigenvalue weighted by Gasteiger charge is -2.22. The second-order valence-corrected chi connectivity index (χ2v) is 4.40. The zero-order valence-electron chi connectivity index (χ0n) is 10.7. The predicted molar refractivity (Wildman–Crippen MR) is 63.0 cm³/mol. The Morgan fingerprint density at radius 2 is 2.06 bits per heavy atom. The van der Waals surface area contributed by atoms with E-state index in [0.29, 0.717) is 5.76 Å². The van der Waals surface area contributed by atoms with Crippen LogP contribution in [0.15, 0.2) is 23.0 Å². The third-order valence-electron chi connectivity index (χ3n) is 2.54. The third kappa shape index (κ3) is 4.06. The van der Waals surface area contributed by atoms with Gasteiger partial charge >= 0.3 is 11.9 Å². The summed E-state index contributed by atoms with van der Waals surface area (Å²) in [6, 6.07) is 0. The van der Waals surface area contributed by atoms with Crippen LogP contribution in [0.25, 0.3) is 0 Å². The Hall–Kier alpha value is -1.58.